The first-order valence-corrected chi connectivity index (χ1v) is 6.03. The van der Waals surface area contributed by atoms with E-state index in [0.29, 0.717) is 13.2 Å². The highest BCUT2D eigenvalue weighted by molar-refractivity contribution is 5.49. The third-order valence-electron chi connectivity index (χ3n) is 2.61. The van der Waals surface area contributed by atoms with E-state index < -0.39 is 0 Å². The van der Waals surface area contributed by atoms with Gasteiger partial charge in [-0.3, -0.25) is 4.98 Å². The van der Waals surface area contributed by atoms with Crippen molar-refractivity contribution in [2.24, 2.45) is 0 Å². The Balaban J connectivity index is 2.08. The van der Waals surface area contributed by atoms with Gasteiger partial charge in [-0.15, -0.1) is 0 Å². The van der Waals surface area contributed by atoms with Gasteiger partial charge >= 0.3 is 0 Å². The number of hydrogen-bond acceptors (Lipinski definition) is 4. The number of anilines is 1. The average Bonchev–Trinajstić information content (AvgIpc) is 2.40. The molecule has 0 fully saturated rings. The first kappa shape index (κ1) is 12.4. The van der Waals surface area contributed by atoms with Crippen LogP contribution < -0.4 is 10.1 Å². The third kappa shape index (κ3) is 2.97. The molecule has 0 aliphatic rings. The molecule has 0 saturated heterocycles. The third-order valence-corrected chi connectivity index (χ3v) is 2.61. The first-order valence-electron chi connectivity index (χ1n) is 6.03. The number of ether oxygens (including phenoxy) is 1. The predicted molar refractivity (Wildman–Crippen MR) is 71.7 cm³/mol. The van der Waals surface area contributed by atoms with E-state index in [2.05, 4.69) is 15.3 Å². The van der Waals surface area contributed by atoms with Crippen LogP contribution in [0.2, 0.25) is 0 Å². The van der Waals surface area contributed by atoms with Crippen molar-refractivity contribution in [2.75, 3.05) is 11.9 Å². The maximum absolute atomic E-state index is 5.51. The smallest absolute Gasteiger partial charge is 0.169 e. The molecule has 0 unspecified atom stereocenters. The van der Waals surface area contributed by atoms with Crippen LogP contribution in [0, 0.1) is 6.92 Å². The van der Waals surface area contributed by atoms with Crippen LogP contribution >= 0.6 is 0 Å². The molecule has 0 amide bonds. The van der Waals surface area contributed by atoms with Crippen molar-refractivity contribution in [1.29, 1.82) is 0 Å². The molecular weight excluding hydrogens is 226 g/mol. The SMILES string of the molecule is CCOc1cccnc1NCc1ncccc1C. The molecule has 0 spiro atoms. The minimum atomic E-state index is 0.628. The summed E-state index contributed by atoms with van der Waals surface area (Å²) < 4.78 is 5.51. The summed E-state index contributed by atoms with van der Waals surface area (Å²) in [7, 11) is 0. The second-order valence-electron chi connectivity index (χ2n) is 3.90. The van der Waals surface area contributed by atoms with Gasteiger partial charge in [0.2, 0.25) is 0 Å². The van der Waals surface area contributed by atoms with Crippen LogP contribution in [-0.4, -0.2) is 16.6 Å². The quantitative estimate of drug-likeness (QED) is 0.877. The van der Waals surface area contributed by atoms with Gasteiger partial charge in [-0.25, -0.2) is 4.98 Å². The van der Waals surface area contributed by atoms with Gasteiger partial charge in [0, 0.05) is 12.4 Å². The number of rotatable bonds is 5. The summed E-state index contributed by atoms with van der Waals surface area (Å²) in [5.41, 5.74) is 2.18. The summed E-state index contributed by atoms with van der Waals surface area (Å²) in [6.07, 6.45) is 3.54. The van der Waals surface area contributed by atoms with Gasteiger partial charge in [-0.05, 0) is 37.6 Å². The van der Waals surface area contributed by atoms with E-state index in [1.165, 1.54) is 5.56 Å². The maximum Gasteiger partial charge on any atom is 0.169 e. The number of pyridine rings is 2. The second kappa shape index (κ2) is 6.00. The molecule has 94 valence electrons. The molecule has 0 aromatic carbocycles. The van der Waals surface area contributed by atoms with Crippen molar-refractivity contribution < 1.29 is 4.74 Å². The molecular formula is C14H17N3O. The summed E-state index contributed by atoms with van der Waals surface area (Å²) in [5.74, 6) is 1.53. The second-order valence-corrected chi connectivity index (χ2v) is 3.90. The summed E-state index contributed by atoms with van der Waals surface area (Å²) in [4.78, 5) is 8.62. The van der Waals surface area contributed by atoms with E-state index in [1.807, 2.05) is 38.1 Å². The Labute approximate surface area is 107 Å². The predicted octanol–water partition coefficient (Wildman–Crippen LogP) is 2.80. The van der Waals surface area contributed by atoms with Crippen molar-refractivity contribution in [3.63, 3.8) is 0 Å². The first-order chi connectivity index (χ1) is 8.81. The molecule has 4 heteroatoms. The Kier molecular flexibility index (Phi) is 4.12. The fourth-order valence-electron chi connectivity index (χ4n) is 1.67. The van der Waals surface area contributed by atoms with Gasteiger partial charge in [-0.1, -0.05) is 6.07 Å². The molecule has 0 atom stereocenters. The van der Waals surface area contributed by atoms with Crippen LogP contribution in [0.1, 0.15) is 18.2 Å². The summed E-state index contributed by atoms with van der Waals surface area (Å²) in [6.45, 7) is 5.28. The van der Waals surface area contributed by atoms with Crippen molar-refractivity contribution in [1.82, 2.24) is 9.97 Å². The molecule has 0 saturated carbocycles. The van der Waals surface area contributed by atoms with Gasteiger partial charge in [0.15, 0.2) is 11.6 Å². The summed E-state index contributed by atoms with van der Waals surface area (Å²) in [6, 6.07) is 7.75. The maximum atomic E-state index is 5.51. The molecule has 18 heavy (non-hydrogen) atoms. The van der Waals surface area contributed by atoms with E-state index in [0.717, 1.165) is 17.3 Å². The number of nitrogens with one attached hydrogen (secondary N) is 1. The van der Waals surface area contributed by atoms with Crippen LogP contribution in [-0.2, 0) is 6.54 Å². The Hall–Kier alpha value is -2.10. The molecule has 0 radical (unpaired) electrons. The van der Waals surface area contributed by atoms with Crippen molar-refractivity contribution in [3.8, 4) is 5.75 Å². The zero-order chi connectivity index (χ0) is 12.8. The van der Waals surface area contributed by atoms with E-state index in [1.54, 1.807) is 12.4 Å². The largest absolute Gasteiger partial charge is 0.490 e. The highest BCUT2D eigenvalue weighted by Gasteiger charge is 2.04. The van der Waals surface area contributed by atoms with Crippen molar-refractivity contribution in [2.45, 2.75) is 20.4 Å². The fraction of sp³-hybridized carbons (Fsp3) is 0.286. The highest BCUT2D eigenvalue weighted by Crippen LogP contribution is 2.21. The van der Waals surface area contributed by atoms with Crippen LogP contribution in [0.5, 0.6) is 5.75 Å². The molecule has 2 heterocycles. The zero-order valence-electron chi connectivity index (χ0n) is 10.7. The van der Waals surface area contributed by atoms with Gasteiger partial charge < -0.3 is 10.1 Å². The van der Waals surface area contributed by atoms with Crippen LogP contribution in [0.25, 0.3) is 0 Å². The Morgan fingerprint density at radius 2 is 1.94 bits per heavy atom. The standard InChI is InChI=1S/C14H17N3O/c1-3-18-13-7-5-9-16-14(13)17-10-12-11(2)6-4-8-15-12/h4-9H,3,10H2,1-2H3,(H,16,17). The number of nitrogens with zero attached hydrogens (tertiary/aromatic N) is 2. The number of hydrogen-bond donors (Lipinski definition) is 1. The summed E-state index contributed by atoms with van der Waals surface area (Å²) >= 11 is 0. The zero-order valence-corrected chi connectivity index (χ0v) is 10.7. The van der Waals surface area contributed by atoms with E-state index in [9.17, 15) is 0 Å². The van der Waals surface area contributed by atoms with Crippen molar-refractivity contribution in [3.05, 3.63) is 47.9 Å². The Morgan fingerprint density at radius 3 is 2.72 bits per heavy atom. The van der Waals surface area contributed by atoms with Gasteiger partial charge in [0.25, 0.3) is 0 Å². The lowest BCUT2D eigenvalue weighted by molar-refractivity contribution is 0.340. The Bertz CT molecular complexity index is 514. The summed E-state index contributed by atoms with van der Waals surface area (Å²) in [5, 5.41) is 3.26. The molecule has 0 bridgehead atoms. The van der Waals surface area contributed by atoms with Gasteiger partial charge in [-0.2, -0.15) is 0 Å². The average molecular weight is 243 g/mol. The van der Waals surface area contributed by atoms with Crippen LogP contribution in [0.15, 0.2) is 36.7 Å². The highest BCUT2D eigenvalue weighted by atomic mass is 16.5. The van der Waals surface area contributed by atoms with Crippen molar-refractivity contribution >= 4 is 5.82 Å². The van der Waals surface area contributed by atoms with Crippen LogP contribution in [0.3, 0.4) is 0 Å². The van der Waals surface area contributed by atoms with E-state index in [4.69, 9.17) is 4.74 Å². The Morgan fingerprint density at radius 1 is 1.17 bits per heavy atom. The molecule has 4 nitrogen and oxygen atoms in total. The minimum absolute atomic E-state index is 0.628. The van der Waals surface area contributed by atoms with Crippen LogP contribution in [0.4, 0.5) is 5.82 Å². The lowest BCUT2D eigenvalue weighted by atomic mass is 10.2. The molecule has 2 aromatic heterocycles. The molecule has 0 aliphatic heterocycles. The van der Waals surface area contributed by atoms with E-state index >= 15 is 0 Å². The molecule has 0 aliphatic carbocycles. The fourth-order valence-corrected chi connectivity index (χ4v) is 1.67. The molecule has 2 rings (SSSR count). The van der Waals surface area contributed by atoms with E-state index in [-0.39, 0.29) is 0 Å². The minimum Gasteiger partial charge on any atom is -0.490 e. The topological polar surface area (TPSA) is 47.0 Å². The monoisotopic (exact) mass is 243 g/mol. The molecule has 2 aromatic rings. The lowest BCUT2D eigenvalue weighted by Crippen LogP contribution is -2.06. The molecule has 1 N–H and O–H groups in total. The number of aryl methyl sites for hydroxylation is 1. The van der Waals surface area contributed by atoms with Gasteiger partial charge in [0.05, 0.1) is 18.8 Å². The normalized spacial score (nSPS) is 10.1. The number of aromatic nitrogens is 2. The lowest BCUT2D eigenvalue weighted by Gasteiger charge is -2.11. The van der Waals surface area contributed by atoms with Gasteiger partial charge in [0.1, 0.15) is 0 Å².